The second-order valence-corrected chi connectivity index (χ2v) is 8.91. The number of H-pyrrole nitrogens is 1. The molecular formula is C21H23FN2O3S. The Morgan fingerprint density at radius 2 is 1.89 bits per heavy atom. The van der Waals surface area contributed by atoms with E-state index >= 15 is 0 Å². The normalized spacial score (nSPS) is 17.2. The molecule has 0 bridgehead atoms. The van der Waals surface area contributed by atoms with Crippen molar-refractivity contribution in [2.45, 2.75) is 24.2 Å². The number of piperidine rings is 1. The van der Waals surface area contributed by atoms with Gasteiger partial charge in [-0.1, -0.05) is 12.1 Å². The summed E-state index contributed by atoms with van der Waals surface area (Å²) in [5.41, 5.74) is 2.25. The standard InChI is InChI=1S/C21H23FN2O3S/c22-17-3-1-15(2-4-17)13-16-7-9-24(10-8-16)11-12-28(26)18-5-6-20-19(14-18)23-21(25)27-20/h1-6,14,16H,7-13H2,(H,23,25). The molecule has 148 valence electrons. The predicted molar refractivity (Wildman–Crippen MR) is 107 cm³/mol. The van der Waals surface area contributed by atoms with Crippen molar-refractivity contribution in [2.24, 2.45) is 5.92 Å². The van der Waals surface area contributed by atoms with Crippen LogP contribution in [0.25, 0.3) is 11.1 Å². The van der Waals surface area contributed by atoms with Crippen LogP contribution in [0.5, 0.6) is 0 Å². The third kappa shape index (κ3) is 4.59. The highest BCUT2D eigenvalue weighted by atomic mass is 32.2. The first-order valence-electron chi connectivity index (χ1n) is 9.55. The summed E-state index contributed by atoms with van der Waals surface area (Å²) in [6.45, 7) is 2.78. The molecule has 2 heterocycles. The van der Waals surface area contributed by atoms with E-state index in [9.17, 15) is 13.4 Å². The van der Waals surface area contributed by atoms with Crippen LogP contribution in [0.4, 0.5) is 4.39 Å². The van der Waals surface area contributed by atoms with Gasteiger partial charge >= 0.3 is 5.76 Å². The molecule has 1 aromatic heterocycles. The minimum atomic E-state index is -1.12. The van der Waals surface area contributed by atoms with Gasteiger partial charge in [0, 0.05) is 17.2 Å². The number of hydrogen-bond donors (Lipinski definition) is 1. The van der Waals surface area contributed by atoms with E-state index in [1.165, 1.54) is 17.7 Å². The van der Waals surface area contributed by atoms with Crippen molar-refractivity contribution in [2.75, 3.05) is 25.4 Å². The first-order chi connectivity index (χ1) is 13.6. The fourth-order valence-electron chi connectivity index (χ4n) is 3.77. The van der Waals surface area contributed by atoms with Gasteiger partial charge in [-0.2, -0.15) is 0 Å². The van der Waals surface area contributed by atoms with Crippen molar-refractivity contribution in [3.8, 4) is 0 Å². The van der Waals surface area contributed by atoms with Crippen molar-refractivity contribution >= 4 is 21.9 Å². The van der Waals surface area contributed by atoms with Gasteiger partial charge in [-0.3, -0.25) is 9.19 Å². The fourth-order valence-corrected chi connectivity index (χ4v) is 4.90. The lowest BCUT2D eigenvalue weighted by Crippen LogP contribution is -2.36. The van der Waals surface area contributed by atoms with Crippen molar-refractivity contribution in [3.05, 3.63) is 64.4 Å². The lowest BCUT2D eigenvalue weighted by molar-refractivity contribution is 0.193. The van der Waals surface area contributed by atoms with Crippen LogP contribution in [-0.4, -0.2) is 39.5 Å². The minimum absolute atomic E-state index is 0.190. The quantitative estimate of drug-likeness (QED) is 0.687. The highest BCUT2D eigenvalue weighted by molar-refractivity contribution is 7.85. The van der Waals surface area contributed by atoms with Gasteiger partial charge in [-0.15, -0.1) is 0 Å². The molecule has 0 spiro atoms. The number of aromatic amines is 1. The average Bonchev–Trinajstić information content (AvgIpc) is 3.08. The number of nitrogens with zero attached hydrogens (tertiary/aromatic N) is 1. The first-order valence-corrected chi connectivity index (χ1v) is 10.9. The number of nitrogens with one attached hydrogen (secondary N) is 1. The molecule has 1 N–H and O–H groups in total. The van der Waals surface area contributed by atoms with Gasteiger partial charge in [-0.05, 0) is 74.2 Å². The van der Waals surface area contributed by atoms with Gasteiger partial charge in [-0.25, -0.2) is 9.18 Å². The first kappa shape index (κ1) is 19.1. The number of rotatable bonds is 6. The number of hydrogen-bond acceptors (Lipinski definition) is 4. The van der Waals surface area contributed by atoms with Crippen molar-refractivity contribution in [3.63, 3.8) is 0 Å². The number of oxazole rings is 1. The van der Waals surface area contributed by atoms with Gasteiger partial charge in [0.25, 0.3) is 0 Å². The monoisotopic (exact) mass is 402 g/mol. The summed E-state index contributed by atoms with van der Waals surface area (Å²) in [5.74, 6) is 0.495. The Labute approximate surface area is 165 Å². The van der Waals surface area contributed by atoms with Gasteiger partial charge < -0.3 is 9.32 Å². The molecule has 1 aliphatic rings. The van der Waals surface area contributed by atoms with E-state index in [0.29, 0.717) is 27.7 Å². The summed E-state index contributed by atoms with van der Waals surface area (Å²) in [6.07, 6.45) is 3.20. The molecule has 7 heteroatoms. The fraction of sp³-hybridized carbons (Fsp3) is 0.381. The van der Waals surface area contributed by atoms with Gasteiger partial charge in [0.05, 0.1) is 16.3 Å². The zero-order valence-corrected chi connectivity index (χ0v) is 16.3. The summed E-state index contributed by atoms with van der Waals surface area (Å²) in [6, 6.07) is 12.0. The van der Waals surface area contributed by atoms with Crippen LogP contribution in [0, 0.1) is 11.7 Å². The van der Waals surface area contributed by atoms with E-state index in [1.807, 2.05) is 12.1 Å². The summed E-state index contributed by atoms with van der Waals surface area (Å²) < 4.78 is 30.6. The molecule has 1 saturated heterocycles. The van der Waals surface area contributed by atoms with E-state index < -0.39 is 16.6 Å². The van der Waals surface area contributed by atoms with E-state index in [1.54, 1.807) is 18.2 Å². The second kappa shape index (κ2) is 8.41. The summed E-state index contributed by atoms with van der Waals surface area (Å²) in [4.78, 5) is 16.9. The molecule has 1 atom stereocenters. The third-order valence-electron chi connectivity index (χ3n) is 5.39. The molecule has 1 aliphatic heterocycles. The van der Waals surface area contributed by atoms with Crippen molar-refractivity contribution in [1.82, 2.24) is 9.88 Å². The largest absolute Gasteiger partial charge is 0.417 e. The Hall–Kier alpha value is -2.25. The van der Waals surface area contributed by atoms with Crippen LogP contribution in [0.3, 0.4) is 0 Å². The van der Waals surface area contributed by atoms with Crippen LogP contribution in [-0.2, 0) is 17.2 Å². The van der Waals surface area contributed by atoms with E-state index in [2.05, 4.69) is 9.88 Å². The maximum absolute atomic E-state index is 13.0. The molecule has 5 nitrogen and oxygen atoms in total. The smallest absolute Gasteiger partial charge is 0.408 e. The Bertz CT molecular complexity index is 1020. The van der Waals surface area contributed by atoms with Crippen molar-refractivity contribution in [1.29, 1.82) is 0 Å². The van der Waals surface area contributed by atoms with Crippen molar-refractivity contribution < 1.29 is 13.0 Å². The highest BCUT2D eigenvalue weighted by Gasteiger charge is 2.20. The Balaban J connectivity index is 1.25. The maximum atomic E-state index is 13.0. The molecule has 0 saturated carbocycles. The van der Waals surface area contributed by atoms with Gasteiger partial charge in [0.2, 0.25) is 0 Å². The van der Waals surface area contributed by atoms with E-state index in [0.717, 1.165) is 38.9 Å². The molecule has 3 aromatic rings. The minimum Gasteiger partial charge on any atom is -0.408 e. The van der Waals surface area contributed by atoms with Crippen LogP contribution in [0.1, 0.15) is 18.4 Å². The van der Waals surface area contributed by atoms with Crippen LogP contribution in [0.2, 0.25) is 0 Å². The number of likely N-dealkylation sites (tertiary alicyclic amines) is 1. The molecular weight excluding hydrogens is 379 g/mol. The molecule has 4 rings (SSSR count). The Kier molecular flexibility index (Phi) is 5.73. The lowest BCUT2D eigenvalue weighted by atomic mass is 9.90. The number of aromatic nitrogens is 1. The zero-order chi connectivity index (χ0) is 19.5. The lowest BCUT2D eigenvalue weighted by Gasteiger charge is -2.31. The second-order valence-electron chi connectivity index (χ2n) is 7.34. The molecule has 2 aromatic carbocycles. The Morgan fingerprint density at radius 1 is 1.14 bits per heavy atom. The zero-order valence-electron chi connectivity index (χ0n) is 15.5. The summed E-state index contributed by atoms with van der Waals surface area (Å²) in [7, 11) is -1.12. The van der Waals surface area contributed by atoms with Crippen LogP contribution >= 0.6 is 0 Å². The molecule has 0 radical (unpaired) electrons. The van der Waals surface area contributed by atoms with Gasteiger partial charge in [0.1, 0.15) is 5.82 Å². The van der Waals surface area contributed by atoms with Gasteiger partial charge in [0.15, 0.2) is 5.58 Å². The highest BCUT2D eigenvalue weighted by Crippen LogP contribution is 2.22. The SMILES string of the molecule is O=c1[nH]c2cc(S(=O)CCN3CCC(Cc4ccc(F)cc4)CC3)ccc2o1. The van der Waals surface area contributed by atoms with Crippen LogP contribution in [0.15, 0.2) is 56.6 Å². The van der Waals surface area contributed by atoms with E-state index in [-0.39, 0.29) is 5.82 Å². The molecule has 1 unspecified atom stereocenters. The topological polar surface area (TPSA) is 66.3 Å². The number of halogens is 1. The average molecular weight is 402 g/mol. The predicted octanol–water partition coefficient (Wildman–Crippen LogP) is 3.32. The number of fused-ring (bicyclic) bond motifs is 1. The third-order valence-corrected chi connectivity index (χ3v) is 6.72. The Morgan fingerprint density at radius 3 is 2.64 bits per heavy atom. The number of benzene rings is 2. The molecule has 0 aliphatic carbocycles. The maximum Gasteiger partial charge on any atom is 0.417 e. The van der Waals surface area contributed by atoms with Crippen LogP contribution < -0.4 is 5.76 Å². The molecule has 28 heavy (non-hydrogen) atoms. The van der Waals surface area contributed by atoms with E-state index in [4.69, 9.17) is 4.42 Å². The summed E-state index contributed by atoms with van der Waals surface area (Å²) in [5, 5.41) is 0. The molecule has 1 fully saturated rings. The summed E-state index contributed by atoms with van der Waals surface area (Å²) >= 11 is 0. The molecule has 0 amide bonds.